The molecule has 5 rings (SSSR count). The van der Waals surface area contributed by atoms with Gasteiger partial charge < -0.3 is 25.2 Å². The van der Waals surface area contributed by atoms with Gasteiger partial charge in [-0.05, 0) is 32.0 Å². The molecule has 4 heterocycles. The Balaban J connectivity index is 1.50. The van der Waals surface area contributed by atoms with Crippen molar-refractivity contribution < 1.29 is 23.3 Å². The maximum atomic E-state index is 13.6. The number of ether oxygens (including phenoxy) is 1. The van der Waals surface area contributed by atoms with Gasteiger partial charge in [-0.1, -0.05) is 16.4 Å². The number of benzene rings is 1. The van der Waals surface area contributed by atoms with E-state index in [0.717, 1.165) is 5.69 Å². The van der Waals surface area contributed by atoms with Crippen LogP contribution in [0.15, 0.2) is 42.9 Å². The monoisotopic (exact) mass is 483 g/mol. The number of aryl methyl sites for hydroxylation is 1. The Kier molecular flexibility index (Phi) is 4.44. The van der Waals surface area contributed by atoms with Gasteiger partial charge in [-0.25, -0.2) is 4.98 Å². The lowest BCUT2D eigenvalue weighted by molar-refractivity contribution is -0.121. The molecule has 0 radical (unpaired) electrons. The van der Waals surface area contributed by atoms with Crippen molar-refractivity contribution in [1.82, 2.24) is 19.9 Å². The molecular formula is C23H21ClN6O4. The summed E-state index contributed by atoms with van der Waals surface area (Å²) in [5.74, 6) is -0.506. The van der Waals surface area contributed by atoms with Crippen LogP contribution in [0.25, 0.3) is 11.0 Å². The number of halogens is 1. The molecular weight excluding hydrogens is 460 g/mol. The minimum absolute atomic E-state index is 0.164. The molecule has 1 amide bonds. The number of nitrogens with one attached hydrogen (secondary N) is 3. The van der Waals surface area contributed by atoms with Crippen LogP contribution in [0.2, 0.25) is 5.02 Å². The largest absolute Gasteiger partial charge is 0.382 e. The highest BCUT2D eigenvalue weighted by Crippen LogP contribution is 2.39. The Morgan fingerprint density at radius 3 is 2.91 bits per heavy atom. The number of ketones is 1. The second-order valence-electron chi connectivity index (χ2n) is 8.08. The molecule has 1 aliphatic heterocycles. The fourth-order valence-corrected chi connectivity index (χ4v) is 4.03. The van der Waals surface area contributed by atoms with Crippen molar-refractivity contribution in [2.24, 2.45) is 0 Å². The highest BCUT2D eigenvalue weighted by molar-refractivity contribution is 6.36. The van der Waals surface area contributed by atoms with Gasteiger partial charge in [0.15, 0.2) is 11.5 Å². The summed E-state index contributed by atoms with van der Waals surface area (Å²) in [5.41, 5.74) is 0.948. The first-order valence-electron chi connectivity index (χ1n) is 11.7. The maximum absolute atomic E-state index is 13.6. The number of carbonyl (C=O) groups excluding carboxylic acids is 2. The molecule has 34 heavy (non-hydrogen) atoms. The number of H-pyrrole nitrogens is 1. The quantitative estimate of drug-likeness (QED) is 0.358. The van der Waals surface area contributed by atoms with Crippen molar-refractivity contribution in [3.63, 3.8) is 0 Å². The van der Waals surface area contributed by atoms with E-state index < -0.39 is 30.9 Å². The topological polar surface area (TPSA) is 123 Å². The lowest BCUT2D eigenvalue weighted by Gasteiger charge is -2.35. The number of amides is 1. The normalized spacial score (nSPS) is 18.9. The van der Waals surface area contributed by atoms with Crippen molar-refractivity contribution in [2.45, 2.75) is 19.4 Å². The molecule has 0 unspecified atom stereocenters. The van der Waals surface area contributed by atoms with E-state index in [4.69, 9.17) is 25.3 Å². The SMILES string of the molecule is [2H]C([2H])([2H])OC[C@]1(C)Nc2c(cnc3[nH]cc(C(=O)c4ccc(On5nccc5C)cc4Cl)c23)NC1=O. The number of carbonyl (C=O) groups is 2. The van der Waals surface area contributed by atoms with Crippen LogP contribution in [0.3, 0.4) is 0 Å². The third kappa shape index (κ3) is 3.57. The van der Waals surface area contributed by atoms with E-state index in [2.05, 4.69) is 25.7 Å². The smallest absolute Gasteiger partial charge is 0.252 e. The zero-order chi connectivity index (χ0) is 26.5. The third-order valence-corrected chi connectivity index (χ3v) is 5.94. The molecule has 1 aromatic carbocycles. The number of pyridine rings is 1. The van der Waals surface area contributed by atoms with Crippen LogP contribution in [-0.4, -0.2) is 50.8 Å². The van der Waals surface area contributed by atoms with Crippen LogP contribution >= 0.6 is 11.6 Å². The molecule has 0 saturated heterocycles. The van der Waals surface area contributed by atoms with Crippen molar-refractivity contribution in [3.05, 3.63) is 64.7 Å². The minimum Gasteiger partial charge on any atom is -0.382 e. The molecule has 11 heteroatoms. The van der Waals surface area contributed by atoms with Gasteiger partial charge in [0.1, 0.15) is 11.2 Å². The third-order valence-electron chi connectivity index (χ3n) is 5.62. The van der Waals surface area contributed by atoms with Gasteiger partial charge in [0.2, 0.25) is 0 Å². The van der Waals surface area contributed by atoms with Gasteiger partial charge in [-0.15, -0.1) is 5.10 Å². The molecule has 174 valence electrons. The highest BCUT2D eigenvalue weighted by atomic mass is 35.5. The van der Waals surface area contributed by atoms with E-state index in [1.165, 1.54) is 30.2 Å². The van der Waals surface area contributed by atoms with Gasteiger partial charge in [-0.2, -0.15) is 0 Å². The van der Waals surface area contributed by atoms with E-state index in [1.54, 1.807) is 24.4 Å². The average Bonchev–Trinajstić information content (AvgIpc) is 3.44. The average molecular weight is 484 g/mol. The summed E-state index contributed by atoms with van der Waals surface area (Å²) in [7, 11) is -2.68. The van der Waals surface area contributed by atoms with E-state index in [9.17, 15) is 9.59 Å². The van der Waals surface area contributed by atoms with Gasteiger partial charge >= 0.3 is 0 Å². The maximum Gasteiger partial charge on any atom is 0.252 e. The Morgan fingerprint density at radius 1 is 1.32 bits per heavy atom. The predicted molar refractivity (Wildman–Crippen MR) is 127 cm³/mol. The van der Waals surface area contributed by atoms with Crippen LogP contribution in [0.1, 0.15) is 32.7 Å². The van der Waals surface area contributed by atoms with Crippen LogP contribution in [-0.2, 0) is 9.53 Å². The second-order valence-corrected chi connectivity index (χ2v) is 8.49. The predicted octanol–water partition coefficient (Wildman–Crippen LogP) is 3.56. The summed E-state index contributed by atoms with van der Waals surface area (Å²) in [6, 6.07) is 6.44. The van der Waals surface area contributed by atoms with Crippen molar-refractivity contribution >= 4 is 45.7 Å². The number of fused-ring (bicyclic) bond motifs is 3. The van der Waals surface area contributed by atoms with E-state index in [-0.39, 0.29) is 16.1 Å². The molecule has 4 aromatic rings. The number of aromatic nitrogens is 4. The molecule has 1 atom stereocenters. The van der Waals surface area contributed by atoms with Crippen LogP contribution < -0.4 is 15.5 Å². The number of methoxy groups -OCH3 is 1. The number of hydrogen-bond donors (Lipinski definition) is 3. The van der Waals surface area contributed by atoms with Crippen LogP contribution in [0.5, 0.6) is 5.75 Å². The summed E-state index contributed by atoms with van der Waals surface area (Å²) in [4.78, 5) is 40.6. The Hall–Kier alpha value is -3.89. The fraction of sp³-hybridized carbons (Fsp3) is 0.217. The molecule has 10 nitrogen and oxygen atoms in total. The Labute approximate surface area is 203 Å². The summed E-state index contributed by atoms with van der Waals surface area (Å²) in [6.07, 6.45) is 4.54. The summed E-state index contributed by atoms with van der Waals surface area (Å²) < 4.78 is 26.8. The molecule has 0 aliphatic carbocycles. The fourth-order valence-electron chi connectivity index (χ4n) is 3.77. The number of anilines is 2. The van der Waals surface area contributed by atoms with Crippen molar-refractivity contribution in [3.8, 4) is 5.75 Å². The van der Waals surface area contributed by atoms with Gasteiger partial charge in [0, 0.05) is 24.9 Å². The highest BCUT2D eigenvalue weighted by Gasteiger charge is 2.39. The Morgan fingerprint density at radius 2 is 2.18 bits per heavy atom. The summed E-state index contributed by atoms with van der Waals surface area (Å²) in [6.45, 7) is 2.90. The number of nitrogens with zero attached hydrogens (tertiary/aromatic N) is 3. The molecule has 3 aromatic heterocycles. The van der Waals surface area contributed by atoms with E-state index in [1.807, 2.05) is 6.92 Å². The van der Waals surface area contributed by atoms with Crippen LogP contribution in [0.4, 0.5) is 11.4 Å². The molecule has 0 bridgehead atoms. The molecule has 1 aliphatic rings. The number of rotatable bonds is 6. The number of hydrogen-bond acceptors (Lipinski definition) is 7. The first-order chi connectivity index (χ1) is 17.4. The van der Waals surface area contributed by atoms with Crippen molar-refractivity contribution in [1.29, 1.82) is 0 Å². The zero-order valence-corrected chi connectivity index (χ0v) is 18.9. The standard InChI is InChI=1S/C23H21ClN6O4/c1-12-6-7-27-30(12)34-13-4-5-14(16(24)8-13)20(31)15-9-25-21-18(15)19-17(10-26-21)28-22(32)23(2,29-19)11-33-3/h4-10,29H,11H2,1-3H3,(H,25,26)(H,28,32)/t23-/m0/s1/i3D3. The number of aromatic amines is 1. The lowest BCUT2D eigenvalue weighted by atomic mass is 9.96. The second kappa shape index (κ2) is 8.15. The van der Waals surface area contributed by atoms with E-state index in [0.29, 0.717) is 28.2 Å². The summed E-state index contributed by atoms with van der Waals surface area (Å²) in [5, 5.41) is 10.4. The van der Waals surface area contributed by atoms with Gasteiger partial charge in [0.05, 0.1) is 56.2 Å². The van der Waals surface area contributed by atoms with Crippen LogP contribution in [0, 0.1) is 6.92 Å². The Bertz CT molecular complexity index is 1550. The zero-order valence-electron chi connectivity index (χ0n) is 21.1. The molecule has 3 N–H and O–H groups in total. The van der Waals surface area contributed by atoms with Gasteiger partial charge in [-0.3, -0.25) is 9.59 Å². The summed E-state index contributed by atoms with van der Waals surface area (Å²) >= 11 is 6.47. The van der Waals surface area contributed by atoms with Crippen molar-refractivity contribution in [2.75, 3.05) is 24.3 Å². The first kappa shape index (κ1) is 18.5. The lowest BCUT2D eigenvalue weighted by Crippen LogP contribution is -2.53. The minimum atomic E-state index is -2.68. The first-order valence-corrected chi connectivity index (χ1v) is 10.6. The molecule has 0 spiro atoms. The van der Waals surface area contributed by atoms with Gasteiger partial charge in [0.25, 0.3) is 5.91 Å². The molecule has 0 fully saturated rings. The van der Waals surface area contributed by atoms with E-state index >= 15 is 0 Å². The molecule has 0 saturated carbocycles.